The van der Waals surface area contributed by atoms with Crippen molar-refractivity contribution < 1.29 is 20.4 Å². The van der Waals surface area contributed by atoms with Crippen LogP contribution in [0.25, 0.3) is 0 Å². The molecule has 0 unspecified atom stereocenters. The molecule has 0 atom stereocenters. The maximum absolute atomic E-state index is 9.78. The van der Waals surface area contributed by atoms with Gasteiger partial charge in [0.2, 0.25) is 0 Å². The highest BCUT2D eigenvalue weighted by Crippen LogP contribution is 2.23. The minimum Gasteiger partial charge on any atom is -0.508 e. The number of benzene rings is 2. The Hall–Kier alpha value is -3.02. The van der Waals surface area contributed by atoms with Crippen molar-refractivity contribution in [2.24, 2.45) is 9.98 Å². The maximum atomic E-state index is 9.78. The van der Waals surface area contributed by atoms with Crippen molar-refractivity contribution in [3.05, 3.63) is 47.5 Å². The Morgan fingerprint density at radius 1 is 0.708 bits per heavy atom. The van der Waals surface area contributed by atoms with Crippen LogP contribution in [0.2, 0.25) is 0 Å². The van der Waals surface area contributed by atoms with Crippen LogP contribution in [0, 0.1) is 0 Å². The smallest absolute Gasteiger partial charge is 0.124 e. The van der Waals surface area contributed by atoms with E-state index in [9.17, 15) is 20.4 Å². The minimum atomic E-state index is 0.0541. The molecule has 0 spiro atoms. The van der Waals surface area contributed by atoms with Gasteiger partial charge in [0.15, 0.2) is 0 Å². The lowest BCUT2D eigenvalue weighted by Crippen LogP contribution is -2.01. The van der Waals surface area contributed by atoms with Gasteiger partial charge in [0.25, 0.3) is 0 Å². The van der Waals surface area contributed by atoms with Crippen LogP contribution < -0.4 is 0 Å². The number of phenols is 4. The van der Waals surface area contributed by atoms with E-state index in [1.165, 1.54) is 36.4 Å². The predicted octanol–water partition coefficient (Wildman–Crippen LogP) is 2.83. The lowest BCUT2D eigenvalue weighted by atomic mass is 10.1. The summed E-state index contributed by atoms with van der Waals surface area (Å²) in [6, 6.07) is 8.54. The van der Waals surface area contributed by atoms with Crippen molar-refractivity contribution >= 4 is 11.4 Å². The van der Waals surface area contributed by atoms with E-state index < -0.39 is 0 Å². The fraction of sp³-hybridized carbons (Fsp3) is 0.222. The first-order valence-electron chi connectivity index (χ1n) is 7.45. The van der Waals surface area contributed by atoms with E-state index in [1.54, 1.807) is 13.8 Å². The number of hydrogen-bond donors (Lipinski definition) is 4. The largest absolute Gasteiger partial charge is 0.508 e. The van der Waals surface area contributed by atoms with Crippen LogP contribution in [0.3, 0.4) is 0 Å². The van der Waals surface area contributed by atoms with Gasteiger partial charge in [0.1, 0.15) is 23.0 Å². The fourth-order valence-electron chi connectivity index (χ4n) is 2.23. The average Bonchev–Trinajstić information content (AvgIpc) is 2.55. The van der Waals surface area contributed by atoms with Gasteiger partial charge in [-0.05, 0) is 50.2 Å². The van der Waals surface area contributed by atoms with Gasteiger partial charge in [0.05, 0.1) is 13.1 Å². The van der Waals surface area contributed by atoms with Crippen molar-refractivity contribution in [1.82, 2.24) is 0 Å². The Morgan fingerprint density at radius 3 is 1.46 bits per heavy atom. The summed E-state index contributed by atoms with van der Waals surface area (Å²) in [5.74, 6) is 0.230. The van der Waals surface area contributed by atoms with E-state index >= 15 is 0 Å². The number of nitrogens with zero attached hydrogens (tertiary/aromatic N) is 2. The molecule has 0 heterocycles. The monoisotopic (exact) mass is 328 g/mol. The Kier molecular flexibility index (Phi) is 5.42. The third-order valence-corrected chi connectivity index (χ3v) is 3.54. The first-order valence-corrected chi connectivity index (χ1v) is 7.45. The lowest BCUT2D eigenvalue weighted by molar-refractivity contribution is 0.459. The number of hydrogen-bond acceptors (Lipinski definition) is 6. The van der Waals surface area contributed by atoms with E-state index in [0.29, 0.717) is 35.6 Å². The summed E-state index contributed by atoms with van der Waals surface area (Å²) >= 11 is 0. The number of rotatable bonds is 5. The number of aromatic hydroxyl groups is 4. The molecule has 0 saturated carbocycles. The second-order valence-corrected chi connectivity index (χ2v) is 5.34. The van der Waals surface area contributed by atoms with Crippen molar-refractivity contribution in [2.45, 2.75) is 13.8 Å². The topological polar surface area (TPSA) is 106 Å². The summed E-state index contributed by atoms with van der Waals surface area (Å²) in [7, 11) is 0. The normalized spacial score (nSPS) is 12.4. The molecule has 6 heteroatoms. The Labute approximate surface area is 140 Å². The lowest BCUT2D eigenvalue weighted by Gasteiger charge is -2.06. The molecule has 0 fully saturated rings. The molecule has 2 rings (SSSR count). The van der Waals surface area contributed by atoms with Crippen LogP contribution in [0.5, 0.6) is 23.0 Å². The first-order chi connectivity index (χ1) is 11.4. The van der Waals surface area contributed by atoms with Crippen LogP contribution in [0.4, 0.5) is 0 Å². The molecule has 0 aromatic heterocycles. The zero-order valence-electron chi connectivity index (χ0n) is 13.6. The molecule has 6 nitrogen and oxygen atoms in total. The van der Waals surface area contributed by atoms with Gasteiger partial charge in [-0.1, -0.05) is 0 Å². The van der Waals surface area contributed by atoms with Crippen molar-refractivity contribution in [1.29, 1.82) is 0 Å². The molecule has 0 amide bonds. The molecule has 126 valence electrons. The molecule has 0 saturated heterocycles. The fourth-order valence-corrected chi connectivity index (χ4v) is 2.23. The van der Waals surface area contributed by atoms with Crippen molar-refractivity contribution in [3.63, 3.8) is 0 Å². The van der Waals surface area contributed by atoms with Gasteiger partial charge in [-0.3, -0.25) is 9.98 Å². The van der Waals surface area contributed by atoms with E-state index in [-0.39, 0.29) is 23.0 Å². The highest BCUT2D eigenvalue weighted by atomic mass is 16.3. The summed E-state index contributed by atoms with van der Waals surface area (Å²) in [4.78, 5) is 8.66. The van der Waals surface area contributed by atoms with Gasteiger partial charge >= 0.3 is 0 Å². The molecular formula is C18H20N2O4. The van der Waals surface area contributed by atoms with Crippen LogP contribution in [0.1, 0.15) is 25.0 Å². The van der Waals surface area contributed by atoms with E-state index in [2.05, 4.69) is 9.98 Å². The summed E-state index contributed by atoms with van der Waals surface area (Å²) in [5.41, 5.74) is 2.13. The third-order valence-electron chi connectivity index (χ3n) is 3.54. The summed E-state index contributed by atoms with van der Waals surface area (Å²) in [5, 5.41) is 38.5. The predicted molar refractivity (Wildman–Crippen MR) is 93.7 cm³/mol. The quantitative estimate of drug-likeness (QED) is 0.385. The second kappa shape index (κ2) is 7.50. The third kappa shape index (κ3) is 4.25. The van der Waals surface area contributed by atoms with Crippen LogP contribution in [0.15, 0.2) is 46.4 Å². The summed E-state index contributed by atoms with van der Waals surface area (Å²) in [6.45, 7) is 4.26. The molecule has 2 aromatic rings. The SMILES string of the molecule is CC(=NCCN=C(C)c1cc(O)ccc1O)c1cc(O)ccc1O. The van der Waals surface area contributed by atoms with Gasteiger partial charge in [-0.15, -0.1) is 0 Å². The number of phenolic OH excluding ortho intramolecular Hbond substituents is 4. The van der Waals surface area contributed by atoms with Crippen molar-refractivity contribution in [2.75, 3.05) is 13.1 Å². The molecule has 0 aliphatic heterocycles. The van der Waals surface area contributed by atoms with Gasteiger partial charge in [-0.25, -0.2) is 0 Å². The molecule has 4 N–H and O–H groups in total. The van der Waals surface area contributed by atoms with E-state index in [1.807, 2.05) is 0 Å². The van der Waals surface area contributed by atoms with Crippen LogP contribution in [-0.4, -0.2) is 44.9 Å². The van der Waals surface area contributed by atoms with Crippen LogP contribution >= 0.6 is 0 Å². The zero-order chi connectivity index (χ0) is 17.7. The minimum absolute atomic E-state index is 0.0541. The summed E-state index contributed by atoms with van der Waals surface area (Å²) in [6.07, 6.45) is 0. The number of aliphatic imine (C=N–C) groups is 2. The second-order valence-electron chi connectivity index (χ2n) is 5.34. The Morgan fingerprint density at radius 2 is 1.08 bits per heavy atom. The van der Waals surface area contributed by atoms with Gasteiger partial charge in [-0.2, -0.15) is 0 Å². The zero-order valence-corrected chi connectivity index (χ0v) is 13.6. The molecule has 2 aromatic carbocycles. The molecule has 0 radical (unpaired) electrons. The van der Waals surface area contributed by atoms with Crippen LogP contribution in [-0.2, 0) is 0 Å². The molecule has 0 aliphatic carbocycles. The maximum Gasteiger partial charge on any atom is 0.124 e. The van der Waals surface area contributed by atoms with Crippen molar-refractivity contribution in [3.8, 4) is 23.0 Å². The summed E-state index contributed by atoms with van der Waals surface area (Å²) < 4.78 is 0. The highest BCUT2D eigenvalue weighted by Gasteiger charge is 2.07. The molecule has 24 heavy (non-hydrogen) atoms. The molecule has 0 aliphatic rings. The Balaban J connectivity index is 2.05. The van der Waals surface area contributed by atoms with Gasteiger partial charge in [0, 0.05) is 22.6 Å². The first kappa shape index (κ1) is 17.3. The molecular weight excluding hydrogens is 308 g/mol. The Bertz CT molecular complexity index is 730. The van der Waals surface area contributed by atoms with E-state index in [0.717, 1.165) is 0 Å². The highest BCUT2D eigenvalue weighted by molar-refractivity contribution is 6.02. The molecule has 0 bridgehead atoms. The van der Waals surface area contributed by atoms with Gasteiger partial charge < -0.3 is 20.4 Å². The standard InChI is InChI=1S/C18H20N2O4/c1-11(15-9-13(21)3-5-17(15)23)19-7-8-20-12(2)16-10-14(22)4-6-18(16)24/h3-6,9-10,21-24H,7-8H2,1-2H3. The average molecular weight is 328 g/mol. The van der Waals surface area contributed by atoms with E-state index in [4.69, 9.17) is 0 Å².